The second kappa shape index (κ2) is 12.4. The van der Waals surface area contributed by atoms with Crippen molar-refractivity contribution in [2.75, 3.05) is 38.5 Å². The van der Waals surface area contributed by atoms with Crippen LogP contribution < -0.4 is 11.1 Å². The molecule has 198 valence electrons. The fraction of sp³-hybridized carbons (Fsp3) is 0.619. The normalized spacial score (nSPS) is 23.4. The number of aromatic nitrogens is 1. The van der Waals surface area contributed by atoms with Gasteiger partial charge < -0.3 is 35.4 Å². The van der Waals surface area contributed by atoms with Gasteiger partial charge in [0.15, 0.2) is 10.8 Å². The van der Waals surface area contributed by atoms with E-state index >= 15 is 0 Å². The van der Waals surface area contributed by atoms with Gasteiger partial charge in [0.05, 0.1) is 6.61 Å². The van der Waals surface area contributed by atoms with Crippen LogP contribution in [0.4, 0.5) is 5.13 Å². The number of nitrogens with one attached hydrogen (secondary N) is 1. The lowest BCUT2D eigenvalue weighted by atomic mass is 9.88. The van der Waals surface area contributed by atoms with Crippen LogP contribution in [0.3, 0.4) is 0 Å². The van der Waals surface area contributed by atoms with Gasteiger partial charge in [0.2, 0.25) is 12.7 Å². The van der Waals surface area contributed by atoms with E-state index in [0.717, 1.165) is 24.2 Å². The van der Waals surface area contributed by atoms with Gasteiger partial charge in [-0.25, -0.2) is 4.98 Å². The van der Waals surface area contributed by atoms with Crippen molar-refractivity contribution in [3.63, 3.8) is 0 Å². The molecule has 3 atom stereocenters. The third-order valence-corrected chi connectivity index (χ3v) is 8.02. The Bertz CT molecular complexity index is 1020. The number of oxime groups is 1. The summed E-state index contributed by atoms with van der Waals surface area (Å²) in [6.45, 7) is 1.51. The number of hydrogen-bond acceptors (Lipinski definition) is 13. The second-order valence-corrected chi connectivity index (χ2v) is 10.4. The van der Waals surface area contributed by atoms with E-state index in [2.05, 4.69) is 15.5 Å². The van der Waals surface area contributed by atoms with Crippen molar-refractivity contribution < 1.29 is 38.6 Å². The van der Waals surface area contributed by atoms with Gasteiger partial charge in [0.25, 0.3) is 5.91 Å². The SMILES string of the molecule is CCCCCC(=O)OCOC(=O)C1(COC)CS[C@@H]2C(NC(=O)C(=NO)c3csc(N)n3)C(=O)N2C1. The molecule has 1 aromatic rings. The minimum atomic E-state index is -1.16. The van der Waals surface area contributed by atoms with E-state index in [1.165, 1.54) is 29.2 Å². The Labute approximate surface area is 215 Å². The van der Waals surface area contributed by atoms with Crippen LogP contribution in [-0.2, 0) is 33.4 Å². The lowest BCUT2D eigenvalue weighted by Gasteiger charge is -2.53. The van der Waals surface area contributed by atoms with E-state index in [-0.39, 0.29) is 41.9 Å². The van der Waals surface area contributed by atoms with Crippen LogP contribution in [-0.4, -0.2) is 88.8 Å². The number of thiazole rings is 1. The Morgan fingerprint density at radius 3 is 2.78 bits per heavy atom. The number of hydrogen-bond donors (Lipinski definition) is 3. The Morgan fingerprint density at radius 2 is 2.14 bits per heavy atom. The summed E-state index contributed by atoms with van der Waals surface area (Å²) < 4.78 is 15.4. The van der Waals surface area contributed by atoms with Crippen LogP contribution in [0.25, 0.3) is 0 Å². The number of rotatable bonds is 12. The maximum atomic E-state index is 12.9. The van der Waals surface area contributed by atoms with Crippen molar-refractivity contribution >= 4 is 57.7 Å². The number of fused-ring (bicyclic) bond motifs is 1. The van der Waals surface area contributed by atoms with Gasteiger partial charge in [-0.3, -0.25) is 19.2 Å². The van der Waals surface area contributed by atoms with Gasteiger partial charge in [0.1, 0.15) is 22.5 Å². The molecular formula is C21H29N5O8S2. The molecule has 1 aromatic heterocycles. The highest BCUT2D eigenvalue weighted by Crippen LogP contribution is 2.43. The molecule has 36 heavy (non-hydrogen) atoms. The van der Waals surface area contributed by atoms with E-state index < -0.39 is 47.4 Å². The zero-order valence-corrected chi connectivity index (χ0v) is 21.6. The van der Waals surface area contributed by atoms with Gasteiger partial charge in [0, 0.05) is 31.2 Å². The third-order valence-electron chi connectivity index (χ3n) is 5.76. The molecule has 2 aliphatic rings. The molecule has 15 heteroatoms. The maximum Gasteiger partial charge on any atom is 0.319 e. The van der Waals surface area contributed by atoms with E-state index in [4.69, 9.17) is 19.9 Å². The Morgan fingerprint density at radius 1 is 1.36 bits per heavy atom. The number of thioether (sulfide) groups is 1. The number of nitrogen functional groups attached to an aromatic ring is 1. The number of unbranched alkanes of at least 4 members (excludes halogenated alkanes) is 2. The molecule has 4 N–H and O–H groups in total. The number of nitrogens with two attached hydrogens (primary N) is 1. The molecule has 0 aromatic carbocycles. The first kappa shape index (κ1) is 27.7. The molecule has 0 aliphatic carbocycles. The minimum Gasteiger partial charge on any atom is -0.428 e. The van der Waals surface area contributed by atoms with E-state index in [0.29, 0.717) is 6.42 Å². The van der Waals surface area contributed by atoms with Crippen LogP contribution in [0.15, 0.2) is 10.5 Å². The Kier molecular flexibility index (Phi) is 9.50. The summed E-state index contributed by atoms with van der Waals surface area (Å²) in [6, 6.07) is -0.879. The third kappa shape index (κ3) is 6.07. The number of carbonyl (C=O) groups is 4. The predicted molar refractivity (Wildman–Crippen MR) is 130 cm³/mol. The summed E-state index contributed by atoms with van der Waals surface area (Å²) in [4.78, 5) is 55.5. The van der Waals surface area contributed by atoms with Gasteiger partial charge in [-0.15, -0.1) is 23.1 Å². The van der Waals surface area contributed by atoms with Crippen LogP contribution in [0.2, 0.25) is 0 Å². The number of carbonyl (C=O) groups excluding carboxylic acids is 4. The topological polar surface area (TPSA) is 183 Å². The average Bonchev–Trinajstić information content (AvgIpc) is 3.28. The van der Waals surface area contributed by atoms with Crippen molar-refractivity contribution in [1.29, 1.82) is 0 Å². The summed E-state index contributed by atoms with van der Waals surface area (Å²) in [5, 5.41) is 16.0. The molecule has 13 nitrogen and oxygen atoms in total. The fourth-order valence-corrected chi connectivity index (χ4v) is 5.95. The Hall–Kier alpha value is -2.91. The smallest absolute Gasteiger partial charge is 0.319 e. The average molecular weight is 544 g/mol. The van der Waals surface area contributed by atoms with Crippen molar-refractivity contribution in [3.05, 3.63) is 11.1 Å². The minimum absolute atomic E-state index is 0.0105. The van der Waals surface area contributed by atoms with Gasteiger partial charge in [-0.2, -0.15) is 0 Å². The molecule has 3 rings (SSSR count). The second-order valence-electron chi connectivity index (χ2n) is 8.37. The zero-order chi connectivity index (χ0) is 26.3. The first-order chi connectivity index (χ1) is 17.3. The highest BCUT2D eigenvalue weighted by Gasteiger charge is 2.58. The fourth-order valence-electron chi connectivity index (χ4n) is 3.89. The van der Waals surface area contributed by atoms with E-state index in [1.54, 1.807) is 0 Å². The monoisotopic (exact) mass is 543 g/mol. The molecule has 2 unspecified atom stereocenters. The number of anilines is 1. The van der Waals surface area contributed by atoms with Crippen LogP contribution in [0.1, 0.15) is 38.3 Å². The highest BCUT2D eigenvalue weighted by molar-refractivity contribution is 8.00. The van der Waals surface area contributed by atoms with Crippen LogP contribution >= 0.6 is 23.1 Å². The lowest BCUT2D eigenvalue weighted by Crippen LogP contribution is -2.74. The molecule has 2 aliphatic heterocycles. The number of esters is 2. The van der Waals surface area contributed by atoms with Crippen molar-refractivity contribution in [3.8, 4) is 0 Å². The van der Waals surface area contributed by atoms with Crippen molar-refractivity contribution in [1.82, 2.24) is 15.2 Å². The molecular weight excluding hydrogens is 514 g/mol. The number of methoxy groups -OCH3 is 1. The van der Waals surface area contributed by atoms with E-state index in [9.17, 15) is 24.4 Å². The molecule has 2 fully saturated rings. The first-order valence-corrected chi connectivity index (χ1v) is 13.2. The quantitative estimate of drug-likeness (QED) is 0.0637. The van der Waals surface area contributed by atoms with Gasteiger partial charge in [-0.1, -0.05) is 24.9 Å². The molecule has 2 amide bonds. The largest absolute Gasteiger partial charge is 0.428 e. The highest BCUT2D eigenvalue weighted by atomic mass is 32.2. The molecule has 0 bridgehead atoms. The Balaban J connectivity index is 1.56. The maximum absolute atomic E-state index is 12.9. The summed E-state index contributed by atoms with van der Waals surface area (Å²) in [5.74, 6) is -2.04. The summed E-state index contributed by atoms with van der Waals surface area (Å²) >= 11 is 2.35. The number of amides is 2. The number of ether oxygens (including phenoxy) is 3. The lowest BCUT2D eigenvalue weighted by molar-refractivity contribution is -0.179. The van der Waals surface area contributed by atoms with Crippen LogP contribution in [0, 0.1) is 5.41 Å². The number of β-lactam (4-membered cyclic amide) rings is 1. The number of nitrogens with zero attached hydrogens (tertiary/aromatic N) is 3. The summed E-state index contributed by atoms with van der Waals surface area (Å²) in [6.07, 6.45) is 2.83. The standard InChI is InChI=1S/C21H29N5O8S2/c1-3-4-5-6-13(27)33-11-34-19(30)21(9-32-2)8-26-17(29)15(18(26)36-10-21)24-16(28)14(25-31)12-7-35-20(22)23-12/h7,15,18,31H,3-6,8-11H2,1-2H3,(H2,22,23)(H,24,28)/t15?,18-,21?/m1/s1. The molecule has 2 saturated heterocycles. The van der Waals surface area contributed by atoms with Crippen molar-refractivity contribution in [2.45, 2.75) is 44.0 Å². The predicted octanol–water partition coefficient (Wildman–Crippen LogP) is 0.561. The molecule has 3 heterocycles. The van der Waals surface area contributed by atoms with Gasteiger partial charge in [-0.05, 0) is 6.42 Å². The molecule has 0 saturated carbocycles. The molecule has 0 radical (unpaired) electrons. The summed E-state index contributed by atoms with van der Waals surface area (Å²) in [7, 11) is 1.43. The first-order valence-electron chi connectivity index (χ1n) is 11.2. The van der Waals surface area contributed by atoms with E-state index in [1.807, 2.05) is 6.92 Å². The zero-order valence-electron chi connectivity index (χ0n) is 19.9. The van der Waals surface area contributed by atoms with Crippen molar-refractivity contribution in [2.24, 2.45) is 10.6 Å². The van der Waals surface area contributed by atoms with Crippen LogP contribution in [0.5, 0.6) is 0 Å². The van der Waals surface area contributed by atoms with Gasteiger partial charge >= 0.3 is 11.9 Å². The molecule has 0 spiro atoms. The summed E-state index contributed by atoms with van der Waals surface area (Å²) in [5.41, 5.74) is 4.13.